The second-order valence-corrected chi connectivity index (χ2v) is 8.43. The fourth-order valence-corrected chi connectivity index (χ4v) is 4.41. The van der Waals surface area contributed by atoms with E-state index in [-0.39, 0.29) is 0 Å². The zero-order chi connectivity index (χ0) is 25.1. The monoisotopic (exact) mass is 492 g/mol. The van der Waals surface area contributed by atoms with Crippen molar-refractivity contribution in [2.24, 2.45) is 0 Å². The van der Waals surface area contributed by atoms with Crippen molar-refractivity contribution >= 4 is 23.5 Å². The molecule has 2 saturated heterocycles. The molecule has 0 saturated carbocycles. The standard InChI is InChI=1S/C24H24N6O6/c1-34-13-2-4-19-28-29-20(36-19)15-5-8-17(9-6-15)35-18-10-7-16(14-25-18)30-12-3-11-24(30)21(31)26-23(33)27-22(24)32/h5-10,14H,2-4,11-13H2,1H3,(H2,26,27,31,32,33). The number of hydrogen-bond donors (Lipinski definition) is 2. The number of nitrogens with zero attached hydrogens (tertiary/aromatic N) is 4. The van der Waals surface area contributed by atoms with E-state index in [1.807, 2.05) is 12.1 Å². The third kappa shape index (κ3) is 4.38. The Morgan fingerprint density at radius 1 is 1.06 bits per heavy atom. The van der Waals surface area contributed by atoms with Gasteiger partial charge in [-0.05, 0) is 49.6 Å². The zero-order valence-electron chi connectivity index (χ0n) is 19.5. The second kappa shape index (κ2) is 9.74. The number of methoxy groups -OCH3 is 1. The molecule has 4 heterocycles. The molecule has 12 nitrogen and oxygen atoms in total. The van der Waals surface area contributed by atoms with Crippen molar-refractivity contribution in [1.82, 2.24) is 25.8 Å². The number of aromatic nitrogens is 3. The van der Waals surface area contributed by atoms with Gasteiger partial charge >= 0.3 is 6.03 Å². The van der Waals surface area contributed by atoms with Gasteiger partial charge in [-0.1, -0.05) is 0 Å². The topological polar surface area (TPSA) is 149 Å². The molecule has 3 aromatic rings. The van der Waals surface area contributed by atoms with E-state index in [0.29, 0.717) is 61.5 Å². The molecule has 2 aliphatic heterocycles. The average Bonchev–Trinajstić information content (AvgIpc) is 3.53. The summed E-state index contributed by atoms with van der Waals surface area (Å²) in [5.74, 6) is 0.622. The summed E-state index contributed by atoms with van der Waals surface area (Å²) in [7, 11) is 1.65. The predicted molar refractivity (Wildman–Crippen MR) is 125 cm³/mol. The van der Waals surface area contributed by atoms with Crippen LogP contribution in [-0.4, -0.2) is 58.8 Å². The third-order valence-corrected chi connectivity index (χ3v) is 6.15. The lowest BCUT2D eigenvalue weighted by atomic mass is 9.92. The molecular weight excluding hydrogens is 468 g/mol. The Morgan fingerprint density at radius 3 is 2.53 bits per heavy atom. The molecule has 5 rings (SSSR count). The van der Waals surface area contributed by atoms with Gasteiger partial charge < -0.3 is 18.8 Å². The molecule has 0 radical (unpaired) electrons. The first-order valence-corrected chi connectivity index (χ1v) is 11.5. The summed E-state index contributed by atoms with van der Waals surface area (Å²) in [5.41, 5.74) is -0.128. The van der Waals surface area contributed by atoms with Gasteiger partial charge in [-0.2, -0.15) is 0 Å². The summed E-state index contributed by atoms with van der Waals surface area (Å²) in [6.07, 6.45) is 3.91. The smallest absolute Gasteiger partial charge is 0.328 e. The minimum Gasteiger partial charge on any atom is -0.439 e. The van der Waals surface area contributed by atoms with Gasteiger partial charge in [-0.25, -0.2) is 9.78 Å². The van der Waals surface area contributed by atoms with Crippen molar-refractivity contribution < 1.29 is 28.3 Å². The predicted octanol–water partition coefficient (Wildman–Crippen LogP) is 2.21. The highest BCUT2D eigenvalue weighted by atomic mass is 16.5. The van der Waals surface area contributed by atoms with E-state index in [4.69, 9.17) is 13.9 Å². The number of carbonyl (C=O) groups is 3. The van der Waals surface area contributed by atoms with Crippen LogP contribution in [0, 0.1) is 0 Å². The molecule has 0 aliphatic carbocycles. The summed E-state index contributed by atoms with van der Waals surface area (Å²) >= 11 is 0. The van der Waals surface area contributed by atoms with E-state index in [1.165, 1.54) is 6.20 Å². The van der Waals surface area contributed by atoms with Gasteiger partial charge in [0.15, 0.2) is 5.54 Å². The molecule has 2 aromatic heterocycles. The number of nitrogens with one attached hydrogen (secondary N) is 2. The van der Waals surface area contributed by atoms with Crippen LogP contribution in [0.15, 0.2) is 47.0 Å². The Morgan fingerprint density at radius 2 is 1.83 bits per heavy atom. The van der Waals surface area contributed by atoms with Gasteiger partial charge in [0.1, 0.15) is 5.75 Å². The highest BCUT2D eigenvalue weighted by Gasteiger charge is 2.57. The molecule has 0 unspecified atom stereocenters. The van der Waals surface area contributed by atoms with Gasteiger partial charge in [-0.15, -0.1) is 10.2 Å². The maximum Gasteiger partial charge on any atom is 0.328 e. The molecule has 2 aliphatic rings. The first-order valence-electron chi connectivity index (χ1n) is 11.5. The summed E-state index contributed by atoms with van der Waals surface area (Å²) in [6.45, 7) is 1.10. The van der Waals surface area contributed by atoms with Gasteiger partial charge in [0.05, 0.1) is 11.9 Å². The first kappa shape index (κ1) is 23.4. The van der Waals surface area contributed by atoms with Gasteiger partial charge in [0, 0.05) is 38.3 Å². The van der Waals surface area contributed by atoms with E-state index in [0.717, 1.165) is 12.0 Å². The van der Waals surface area contributed by atoms with Crippen molar-refractivity contribution in [3.63, 3.8) is 0 Å². The SMILES string of the molecule is COCCCc1nnc(-c2ccc(Oc3ccc(N4CCCC45C(=O)NC(=O)NC5=O)cn3)cc2)o1. The zero-order valence-corrected chi connectivity index (χ0v) is 19.5. The molecule has 186 valence electrons. The first-order chi connectivity index (χ1) is 17.5. The molecule has 36 heavy (non-hydrogen) atoms. The van der Waals surface area contributed by atoms with Crippen LogP contribution in [0.1, 0.15) is 25.2 Å². The Bertz CT molecular complexity index is 1250. The lowest BCUT2D eigenvalue weighted by Crippen LogP contribution is -2.71. The molecule has 2 N–H and O–H groups in total. The van der Waals surface area contributed by atoms with Crippen molar-refractivity contribution in [2.75, 3.05) is 25.2 Å². The number of anilines is 1. The fourth-order valence-electron chi connectivity index (χ4n) is 4.41. The summed E-state index contributed by atoms with van der Waals surface area (Å²) in [6, 6.07) is 9.73. The maximum absolute atomic E-state index is 12.6. The fraction of sp³-hybridized carbons (Fsp3) is 0.333. The molecule has 1 aromatic carbocycles. The highest BCUT2D eigenvalue weighted by molar-refractivity contribution is 6.24. The van der Waals surface area contributed by atoms with Crippen LogP contribution >= 0.6 is 0 Å². The van der Waals surface area contributed by atoms with E-state index in [2.05, 4.69) is 25.8 Å². The van der Waals surface area contributed by atoms with Crippen LogP contribution in [0.4, 0.5) is 10.5 Å². The number of amides is 4. The molecule has 4 amide bonds. The van der Waals surface area contributed by atoms with Crippen molar-refractivity contribution in [3.05, 3.63) is 48.5 Å². The van der Waals surface area contributed by atoms with Crippen molar-refractivity contribution in [3.8, 4) is 23.1 Å². The largest absolute Gasteiger partial charge is 0.439 e. The van der Waals surface area contributed by atoms with Crippen LogP contribution in [-0.2, 0) is 20.7 Å². The van der Waals surface area contributed by atoms with E-state index < -0.39 is 23.4 Å². The van der Waals surface area contributed by atoms with E-state index in [9.17, 15) is 14.4 Å². The lowest BCUT2D eigenvalue weighted by molar-refractivity contribution is -0.137. The minimum atomic E-state index is -1.47. The number of hydrogen-bond acceptors (Lipinski definition) is 10. The van der Waals surface area contributed by atoms with Crippen LogP contribution in [0.25, 0.3) is 11.5 Å². The Labute approximate surface area is 206 Å². The molecule has 0 atom stereocenters. The normalized spacial score (nSPS) is 16.8. The number of carbonyl (C=O) groups excluding carboxylic acids is 3. The Hall–Kier alpha value is -4.32. The summed E-state index contributed by atoms with van der Waals surface area (Å²) in [5, 5.41) is 12.5. The number of pyridine rings is 1. The number of ether oxygens (including phenoxy) is 2. The van der Waals surface area contributed by atoms with Crippen LogP contribution in [0.2, 0.25) is 0 Å². The third-order valence-electron chi connectivity index (χ3n) is 6.15. The lowest BCUT2D eigenvalue weighted by Gasteiger charge is -2.38. The molecule has 12 heteroatoms. The number of rotatable bonds is 8. The van der Waals surface area contributed by atoms with Gasteiger partial charge in [0.2, 0.25) is 17.7 Å². The molecule has 2 fully saturated rings. The number of benzene rings is 1. The van der Waals surface area contributed by atoms with Gasteiger partial charge in [-0.3, -0.25) is 20.2 Å². The van der Waals surface area contributed by atoms with E-state index in [1.54, 1.807) is 36.3 Å². The van der Waals surface area contributed by atoms with Gasteiger partial charge in [0.25, 0.3) is 11.8 Å². The van der Waals surface area contributed by atoms with Crippen molar-refractivity contribution in [2.45, 2.75) is 31.2 Å². The summed E-state index contributed by atoms with van der Waals surface area (Å²) in [4.78, 5) is 42.8. The van der Waals surface area contributed by atoms with Crippen LogP contribution < -0.4 is 20.3 Å². The quantitative estimate of drug-likeness (QED) is 0.354. The maximum atomic E-state index is 12.6. The molecule has 0 bridgehead atoms. The number of urea groups is 1. The van der Waals surface area contributed by atoms with Crippen LogP contribution in [0.3, 0.4) is 0 Å². The van der Waals surface area contributed by atoms with Crippen LogP contribution in [0.5, 0.6) is 11.6 Å². The Balaban J connectivity index is 1.25. The van der Waals surface area contributed by atoms with E-state index >= 15 is 0 Å². The molecular formula is C24H24N6O6. The molecule has 1 spiro atoms. The number of barbiturate groups is 1. The Kier molecular flexibility index (Phi) is 6.34. The highest BCUT2D eigenvalue weighted by Crippen LogP contribution is 2.36. The minimum absolute atomic E-state index is 0.303. The second-order valence-electron chi connectivity index (χ2n) is 8.43. The number of aryl methyl sites for hydroxylation is 1. The van der Waals surface area contributed by atoms with Crippen molar-refractivity contribution in [1.29, 1.82) is 0 Å². The number of imide groups is 2. The summed E-state index contributed by atoms with van der Waals surface area (Å²) < 4.78 is 16.6. The average molecular weight is 492 g/mol.